The van der Waals surface area contributed by atoms with Crippen molar-refractivity contribution in [1.29, 1.82) is 0 Å². The summed E-state index contributed by atoms with van der Waals surface area (Å²) in [5.41, 5.74) is 0.675. The van der Waals surface area contributed by atoms with Crippen LogP contribution in [0.15, 0.2) is 11.6 Å². The second-order valence-corrected chi connectivity index (χ2v) is 3.00. The number of hydrogen-bond donors (Lipinski definition) is 0. The van der Waals surface area contributed by atoms with Gasteiger partial charge in [-0.3, -0.25) is 0 Å². The molecule has 0 saturated carbocycles. The minimum atomic E-state index is -0.501. The molecular weight excluding hydrogens is 184 g/mol. The lowest BCUT2D eigenvalue weighted by Crippen LogP contribution is -2.17. The fourth-order valence-corrected chi connectivity index (χ4v) is 1.28. The number of esters is 2. The van der Waals surface area contributed by atoms with E-state index in [1.165, 1.54) is 0 Å². The number of carbonyl (C=O) groups excluding carboxylic acids is 2. The Labute approximate surface area is 82.9 Å². The van der Waals surface area contributed by atoms with Crippen LogP contribution in [0.25, 0.3) is 0 Å². The van der Waals surface area contributed by atoms with Gasteiger partial charge >= 0.3 is 11.9 Å². The molecule has 0 aromatic heterocycles. The van der Waals surface area contributed by atoms with Gasteiger partial charge in [-0.15, -0.1) is 0 Å². The fraction of sp³-hybridized carbons (Fsp3) is 0.600. The molecule has 0 amide bonds. The average molecular weight is 198 g/mol. The van der Waals surface area contributed by atoms with Gasteiger partial charge in [0.1, 0.15) is 0 Å². The topological polar surface area (TPSA) is 52.6 Å². The molecule has 0 heterocycles. The van der Waals surface area contributed by atoms with Crippen molar-refractivity contribution in [3.63, 3.8) is 0 Å². The Morgan fingerprint density at radius 2 is 2.21 bits per heavy atom. The van der Waals surface area contributed by atoms with Crippen molar-refractivity contribution >= 4 is 11.9 Å². The van der Waals surface area contributed by atoms with Crippen molar-refractivity contribution in [2.24, 2.45) is 0 Å². The summed E-state index contributed by atoms with van der Waals surface area (Å²) >= 11 is 0. The van der Waals surface area contributed by atoms with E-state index in [0.29, 0.717) is 12.2 Å². The highest BCUT2D eigenvalue weighted by atomic mass is 16.6. The van der Waals surface area contributed by atoms with E-state index in [1.54, 1.807) is 6.92 Å². The number of ether oxygens (including phenoxy) is 2. The van der Waals surface area contributed by atoms with Crippen LogP contribution < -0.4 is 0 Å². The van der Waals surface area contributed by atoms with Crippen LogP contribution in [0, 0.1) is 0 Å². The molecule has 0 unspecified atom stereocenters. The van der Waals surface area contributed by atoms with Crippen LogP contribution in [-0.2, 0) is 19.1 Å². The van der Waals surface area contributed by atoms with Gasteiger partial charge < -0.3 is 9.47 Å². The minimum absolute atomic E-state index is 0.288. The largest absolute Gasteiger partial charge is 0.463 e. The zero-order chi connectivity index (χ0) is 10.4. The third-order valence-corrected chi connectivity index (χ3v) is 1.93. The number of carbonyl (C=O) groups is 2. The van der Waals surface area contributed by atoms with Gasteiger partial charge in [-0.2, -0.15) is 0 Å². The molecule has 0 spiro atoms. The van der Waals surface area contributed by atoms with Crippen LogP contribution in [0.2, 0.25) is 0 Å². The van der Waals surface area contributed by atoms with Gasteiger partial charge in [-0.05, 0) is 26.2 Å². The first-order valence-electron chi connectivity index (χ1n) is 4.75. The summed E-state index contributed by atoms with van der Waals surface area (Å²) in [5, 5.41) is 0. The van der Waals surface area contributed by atoms with Crippen LogP contribution in [0.5, 0.6) is 0 Å². The zero-order valence-electron chi connectivity index (χ0n) is 8.25. The average Bonchev–Trinajstić information content (AvgIpc) is 2.67. The van der Waals surface area contributed by atoms with E-state index in [2.05, 4.69) is 4.74 Å². The molecule has 1 aliphatic carbocycles. The van der Waals surface area contributed by atoms with E-state index in [4.69, 9.17) is 4.74 Å². The molecule has 0 aromatic carbocycles. The lowest BCUT2D eigenvalue weighted by molar-refractivity contribution is -0.156. The summed E-state index contributed by atoms with van der Waals surface area (Å²) < 4.78 is 9.38. The van der Waals surface area contributed by atoms with Crippen molar-refractivity contribution in [3.05, 3.63) is 11.6 Å². The van der Waals surface area contributed by atoms with Crippen molar-refractivity contribution in [2.45, 2.75) is 26.2 Å². The predicted molar refractivity (Wildman–Crippen MR) is 49.5 cm³/mol. The van der Waals surface area contributed by atoms with Crippen LogP contribution in [0.3, 0.4) is 0 Å². The molecule has 0 atom stereocenters. The van der Waals surface area contributed by atoms with Gasteiger partial charge in [-0.1, -0.05) is 6.08 Å². The quantitative estimate of drug-likeness (QED) is 0.637. The van der Waals surface area contributed by atoms with E-state index in [9.17, 15) is 9.59 Å². The normalized spacial score (nSPS) is 14.8. The first-order chi connectivity index (χ1) is 6.74. The Kier molecular flexibility index (Phi) is 4.16. The van der Waals surface area contributed by atoms with Crippen molar-refractivity contribution in [2.75, 3.05) is 13.2 Å². The molecule has 0 aromatic rings. The zero-order valence-corrected chi connectivity index (χ0v) is 8.25. The van der Waals surface area contributed by atoms with E-state index < -0.39 is 11.9 Å². The second kappa shape index (κ2) is 5.42. The van der Waals surface area contributed by atoms with Gasteiger partial charge in [0.05, 0.1) is 6.61 Å². The molecular formula is C10H14O4. The second-order valence-electron chi connectivity index (χ2n) is 3.00. The van der Waals surface area contributed by atoms with Crippen LogP contribution in [0.1, 0.15) is 26.2 Å². The standard InChI is InChI=1S/C10H14O4/c1-2-13-9(11)7-14-10(12)8-5-3-4-6-8/h5H,2-4,6-7H2,1H3. The third kappa shape index (κ3) is 3.20. The summed E-state index contributed by atoms with van der Waals surface area (Å²) in [5.74, 6) is -0.894. The number of hydrogen-bond acceptors (Lipinski definition) is 4. The molecule has 0 N–H and O–H groups in total. The number of rotatable bonds is 4. The molecule has 4 heteroatoms. The Bertz CT molecular complexity index is 255. The van der Waals surface area contributed by atoms with Crippen LogP contribution in [-0.4, -0.2) is 25.2 Å². The maximum absolute atomic E-state index is 11.3. The molecule has 1 rings (SSSR count). The van der Waals surface area contributed by atoms with Gasteiger partial charge in [0.25, 0.3) is 0 Å². The lowest BCUT2D eigenvalue weighted by atomic mass is 10.2. The summed E-state index contributed by atoms with van der Waals surface area (Å²) in [6, 6.07) is 0. The summed E-state index contributed by atoms with van der Waals surface area (Å²) in [6.07, 6.45) is 4.52. The monoisotopic (exact) mass is 198 g/mol. The van der Waals surface area contributed by atoms with Crippen LogP contribution >= 0.6 is 0 Å². The third-order valence-electron chi connectivity index (χ3n) is 1.93. The summed E-state index contributed by atoms with van der Waals surface area (Å²) in [6.45, 7) is 1.72. The van der Waals surface area contributed by atoms with E-state index in [1.807, 2.05) is 6.08 Å². The molecule has 4 nitrogen and oxygen atoms in total. The minimum Gasteiger partial charge on any atom is -0.463 e. The molecule has 0 bridgehead atoms. The molecule has 0 saturated heterocycles. The van der Waals surface area contributed by atoms with Gasteiger partial charge in [-0.25, -0.2) is 9.59 Å². The highest BCUT2D eigenvalue weighted by Gasteiger charge is 2.15. The Hall–Kier alpha value is -1.32. The highest BCUT2D eigenvalue weighted by Crippen LogP contribution is 2.18. The van der Waals surface area contributed by atoms with Crippen molar-refractivity contribution < 1.29 is 19.1 Å². The van der Waals surface area contributed by atoms with Gasteiger partial charge in [0.2, 0.25) is 0 Å². The molecule has 0 aliphatic heterocycles. The van der Waals surface area contributed by atoms with Gasteiger partial charge in [0.15, 0.2) is 6.61 Å². The Balaban J connectivity index is 2.24. The van der Waals surface area contributed by atoms with Gasteiger partial charge in [0, 0.05) is 5.57 Å². The molecule has 14 heavy (non-hydrogen) atoms. The number of allylic oxidation sites excluding steroid dienone is 1. The van der Waals surface area contributed by atoms with E-state index in [-0.39, 0.29) is 6.61 Å². The fourth-order valence-electron chi connectivity index (χ4n) is 1.28. The summed E-state index contributed by atoms with van der Waals surface area (Å²) in [7, 11) is 0. The lowest BCUT2D eigenvalue weighted by Gasteiger charge is -2.04. The van der Waals surface area contributed by atoms with E-state index in [0.717, 1.165) is 19.3 Å². The van der Waals surface area contributed by atoms with E-state index >= 15 is 0 Å². The molecule has 0 radical (unpaired) electrons. The predicted octanol–water partition coefficient (Wildman–Crippen LogP) is 1.20. The highest BCUT2D eigenvalue weighted by molar-refractivity contribution is 5.90. The van der Waals surface area contributed by atoms with Crippen molar-refractivity contribution in [3.8, 4) is 0 Å². The Morgan fingerprint density at radius 3 is 2.79 bits per heavy atom. The first kappa shape index (κ1) is 10.8. The van der Waals surface area contributed by atoms with Crippen LogP contribution in [0.4, 0.5) is 0 Å². The molecule has 1 aliphatic rings. The maximum atomic E-state index is 11.3. The molecule has 0 fully saturated rings. The SMILES string of the molecule is CCOC(=O)COC(=O)C1=CCCC1. The summed E-state index contributed by atoms with van der Waals surface area (Å²) in [4.78, 5) is 22.1. The smallest absolute Gasteiger partial charge is 0.344 e. The first-order valence-corrected chi connectivity index (χ1v) is 4.75. The maximum Gasteiger partial charge on any atom is 0.344 e. The molecule has 78 valence electrons. The Morgan fingerprint density at radius 1 is 1.43 bits per heavy atom. The van der Waals surface area contributed by atoms with Crippen molar-refractivity contribution in [1.82, 2.24) is 0 Å².